The molecule has 2 aliphatic carbocycles. The minimum Gasteiger partial charge on any atom is -0.310 e. The van der Waals surface area contributed by atoms with E-state index in [0.29, 0.717) is 0 Å². The lowest BCUT2D eigenvalue weighted by Gasteiger charge is -2.40. The Morgan fingerprint density at radius 2 is 0.506 bits per heavy atom. The summed E-state index contributed by atoms with van der Waals surface area (Å²) in [5.74, 6) is 0. The second kappa shape index (κ2) is 17.3. The summed E-state index contributed by atoms with van der Waals surface area (Å²) in [7, 11) is 0. The van der Waals surface area contributed by atoms with Crippen LogP contribution in [0.3, 0.4) is 0 Å². The molecule has 1 nitrogen and oxygen atoms in total. The molecule has 3 heteroatoms. The molecule has 2 heterocycles. The fraction of sp³-hybridized carbons (Fsp3) is 0.0270. The monoisotopic (exact) mass is 1010 g/mol. The van der Waals surface area contributed by atoms with Crippen LogP contribution in [0.25, 0.3) is 55.6 Å². The molecule has 12 aromatic rings. The minimum absolute atomic E-state index is 0.460. The summed E-state index contributed by atoms with van der Waals surface area (Å²) >= 11 is 3.78. The topological polar surface area (TPSA) is 3.24 Å². The largest absolute Gasteiger partial charge is 0.310 e. The molecule has 0 bridgehead atoms. The van der Waals surface area contributed by atoms with Gasteiger partial charge >= 0.3 is 0 Å². The van der Waals surface area contributed by atoms with E-state index in [9.17, 15) is 0 Å². The predicted octanol–water partition coefficient (Wildman–Crippen LogP) is 19.8. The van der Waals surface area contributed by atoms with E-state index in [0.717, 1.165) is 17.1 Å². The van der Waals surface area contributed by atoms with E-state index in [-0.39, 0.29) is 0 Å². The molecular formula is C74H47NS2. The number of rotatable bonds is 6. The van der Waals surface area contributed by atoms with Crippen molar-refractivity contribution in [1.29, 1.82) is 0 Å². The molecule has 4 aliphatic rings. The van der Waals surface area contributed by atoms with Crippen molar-refractivity contribution in [3.63, 3.8) is 0 Å². The molecule has 0 aromatic heterocycles. The van der Waals surface area contributed by atoms with Gasteiger partial charge in [-0.05, 0) is 179 Å². The Balaban J connectivity index is 0.910. The first kappa shape index (κ1) is 44.4. The summed E-state index contributed by atoms with van der Waals surface area (Å²) in [4.78, 5) is 7.73. The molecule has 0 amide bonds. The van der Waals surface area contributed by atoms with Gasteiger partial charge in [-0.1, -0.05) is 230 Å². The number of benzene rings is 12. The number of fused-ring (bicyclic) bond motifs is 18. The van der Waals surface area contributed by atoms with Gasteiger partial charge < -0.3 is 4.90 Å². The van der Waals surface area contributed by atoms with Gasteiger partial charge in [-0.2, -0.15) is 0 Å². The van der Waals surface area contributed by atoms with Crippen LogP contribution in [0.2, 0.25) is 0 Å². The van der Waals surface area contributed by atoms with Crippen LogP contribution in [0.1, 0.15) is 44.5 Å². The van der Waals surface area contributed by atoms with Crippen LogP contribution in [0, 0.1) is 0 Å². The zero-order valence-electron chi connectivity index (χ0n) is 41.9. The fourth-order valence-electron chi connectivity index (χ4n) is 13.6. The summed E-state index contributed by atoms with van der Waals surface area (Å²) in [6, 6.07) is 107. The van der Waals surface area contributed by atoms with Crippen LogP contribution in [-0.2, 0) is 10.8 Å². The van der Waals surface area contributed by atoms with Gasteiger partial charge in [0.05, 0.1) is 10.8 Å². The van der Waals surface area contributed by atoms with Crippen LogP contribution in [0.4, 0.5) is 17.1 Å². The number of nitrogens with zero attached hydrogens (tertiary/aromatic N) is 1. The molecule has 0 radical (unpaired) electrons. The first-order valence-corrected chi connectivity index (χ1v) is 28.2. The first-order valence-electron chi connectivity index (χ1n) is 26.6. The molecule has 360 valence electrons. The molecule has 16 rings (SSSR count). The predicted molar refractivity (Wildman–Crippen MR) is 320 cm³/mol. The number of hydrogen-bond acceptors (Lipinski definition) is 3. The number of anilines is 3. The lowest BCUT2D eigenvalue weighted by atomic mass is 9.67. The Bertz CT molecular complexity index is 4000. The lowest BCUT2D eigenvalue weighted by Crippen LogP contribution is -2.32. The van der Waals surface area contributed by atoms with Crippen molar-refractivity contribution >= 4 is 40.6 Å². The van der Waals surface area contributed by atoms with Gasteiger partial charge in [0.1, 0.15) is 0 Å². The summed E-state index contributed by atoms with van der Waals surface area (Å²) in [5.41, 5.74) is 25.3. The Labute approximate surface area is 458 Å². The standard InChI is InChI=1S/C74H47NS2/c1-3-19-48(20-4-1)51-43-52(49-21-5-2-6-22-49)45-53(44-51)50-35-37-54(38-36-50)75(55-39-41-63-59(46-55)57-23-7-9-25-61(57)73(63)65-27-11-15-31-69(65)76-70-32-16-12-28-66(70)73)56-40-42-64-60(47-56)58-24-8-10-26-62(58)74(64)67-29-13-17-33-71(67)77-72-34-18-14-30-68(72)74/h1-47H. The zero-order chi connectivity index (χ0) is 50.7. The van der Waals surface area contributed by atoms with Gasteiger partial charge in [-0.15, -0.1) is 0 Å². The van der Waals surface area contributed by atoms with E-state index in [1.807, 2.05) is 23.5 Å². The van der Waals surface area contributed by atoms with Crippen molar-refractivity contribution in [3.05, 3.63) is 330 Å². The van der Waals surface area contributed by atoms with Gasteiger partial charge in [-0.25, -0.2) is 0 Å². The van der Waals surface area contributed by atoms with Crippen molar-refractivity contribution in [1.82, 2.24) is 0 Å². The molecule has 0 saturated carbocycles. The normalized spacial score (nSPS) is 14.1. The third-order valence-corrected chi connectivity index (χ3v) is 19.1. The Morgan fingerprint density at radius 1 is 0.208 bits per heavy atom. The summed E-state index contributed by atoms with van der Waals surface area (Å²) < 4.78 is 0. The first-order chi connectivity index (χ1) is 38.2. The van der Waals surface area contributed by atoms with Crippen molar-refractivity contribution in [3.8, 4) is 55.6 Å². The van der Waals surface area contributed by atoms with Crippen molar-refractivity contribution in [2.75, 3.05) is 4.90 Å². The highest BCUT2D eigenvalue weighted by Crippen LogP contribution is 2.65. The molecule has 2 aliphatic heterocycles. The zero-order valence-corrected chi connectivity index (χ0v) is 43.5. The SMILES string of the molecule is c1ccc(-c2cc(-c3ccccc3)cc(-c3ccc(N(c4ccc5c(c4)-c4ccccc4C54c5ccccc5Sc5ccccc54)c4ccc5c(c4)-c4ccccc4C54c5ccccc5Sc5ccccc54)cc3)c2)cc1. The molecule has 12 aromatic carbocycles. The molecule has 0 fully saturated rings. The molecule has 77 heavy (non-hydrogen) atoms. The van der Waals surface area contributed by atoms with Crippen LogP contribution < -0.4 is 4.90 Å². The average Bonchev–Trinajstić information content (AvgIpc) is 4.07. The van der Waals surface area contributed by atoms with Gasteiger partial charge in [0.25, 0.3) is 0 Å². The maximum atomic E-state index is 2.50. The Morgan fingerprint density at radius 3 is 0.896 bits per heavy atom. The highest BCUT2D eigenvalue weighted by Gasteiger charge is 2.52. The van der Waals surface area contributed by atoms with Crippen LogP contribution in [-0.4, -0.2) is 0 Å². The van der Waals surface area contributed by atoms with Gasteiger partial charge in [0.2, 0.25) is 0 Å². The van der Waals surface area contributed by atoms with Gasteiger partial charge in [-0.3, -0.25) is 0 Å². The van der Waals surface area contributed by atoms with E-state index in [4.69, 9.17) is 0 Å². The van der Waals surface area contributed by atoms with Crippen molar-refractivity contribution in [2.24, 2.45) is 0 Å². The Kier molecular flexibility index (Phi) is 10.0. The van der Waals surface area contributed by atoms with Gasteiger partial charge in [0.15, 0.2) is 0 Å². The Hall–Kier alpha value is -8.86. The van der Waals surface area contributed by atoms with Crippen molar-refractivity contribution < 1.29 is 0 Å². The summed E-state index contributed by atoms with van der Waals surface area (Å²) in [6.07, 6.45) is 0. The quantitative estimate of drug-likeness (QED) is 0.163. The molecule has 0 N–H and O–H groups in total. The van der Waals surface area contributed by atoms with Crippen molar-refractivity contribution in [2.45, 2.75) is 30.4 Å². The third kappa shape index (κ3) is 6.51. The van der Waals surface area contributed by atoms with Crippen LogP contribution >= 0.6 is 23.5 Å². The second-order valence-electron chi connectivity index (χ2n) is 20.7. The molecule has 0 atom stereocenters. The second-order valence-corrected chi connectivity index (χ2v) is 22.8. The highest BCUT2D eigenvalue weighted by molar-refractivity contribution is 7.99. The third-order valence-electron chi connectivity index (χ3n) is 16.8. The lowest BCUT2D eigenvalue weighted by molar-refractivity contribution is 0.722. The minimum atomic E-state index is -0.460. The summed E-state index contributed by atoms with van der Waals surface area (Å²) in [5, 5.41) is 0. The molecule has 2 spiro atoms. The smallest absolute Gasteiger partial charge is 0.0735 e. The van der Waals surface area contributed by atoms with E-state index < -0.39 is 10.8 Å². The summed E-state index contributed by atoms with van der Waals surface area (Å²) in [6.45, 7) is 0. The highest BCUT2D eigenvalue weighted by atomic mass is 32.2. The van der Waals surface area contributed by atoms with E-state index in [1.165, 1.54) is 120 Å². The molecule has 0 saturated heterocycles. The van der Waals surface area contributed by atoms with Crippen LogP contribution in [0.5, 0.6) is 0 Å². The van der Waals surface area contributed by atoms with Gasteiger partial charge in [0, 0.05) is 36.6 Å². The van der Waals surface area contributed by atoms with E-state index in [2.05, 4.69) is 290 Å². The fourth-order valence-corrected chi connectivity index (χ4v) is 16.0. The maximum absolute atomic E-state index is 2.50. The van der Waals surface area contributed by atoms with Crippen LogP contribution in [0.15, 0.2) is 305 Å². The molecular weight excluding hydrogens is 967 g/mol. The molecule has 0 unspecified atom stereocenters. The average molecular weight is 1010 g/mol. The van der Waals surface area contributed by atoms with E-state index >= 15 is 0 Å². The maximum Gasteiger partial charge on any atom is 0.0735 e. The van der Waals surface area contributed by atoms with E-state index in [1.54, 1.807) is 0 Å². The number of hydrogen-bond donors (Lipinski definition) is 0.